The van der Waals surface area contributed by atoms with E-state index in [2.05, 4.69) is 21.7 Å². The number of fused-ring (bicyclic) bond motifs is 2. The van der Waals surface area contributed by atoms with E-state index >= 15 is 0 Å². The zero-order valence-corrected chi connectivity index (χ0v) is 13.7. The molecule has 1 aromatic carbocycles. The Hall–Kier alpha value is -2.50. The number of nitrogens with zero attached hydrogens (tertiary/aromatic N) is 1. The van der Waals surface area contributed by atoms with Crippen LogP contribution in [-0.2, 0) is 4.79 Å². The molecule has 1 fully saturated rings. The lowest BCUT2D eigenvalue weighted by molar-refractivity contribution is -0.122. The van der Waals surface area contributed by atoms with Crippen molar-refractivity contribution in [1.82, 2.24) is 10.3 Å². The van der Waals surface area contributed by atoms with E-state index in [0.29, 0.717) is 26.3 Å². The number of aromatic nitrogens is 1. The maximum absolute atomic E-state index is 11.6. The first kappa shape index (κ1) is 15.1. The van der Waals surface area contributed by atoms with E-state index in [0.717, 1.165) is 46.6 Å². The van der Waals surface area contributed by atoms with E-state index in [1.165, 1.54) is 0 Å². The SMILES string of the molecule is Cc1cc2cc3c(cc2nc1NCCNC(=O)C1CC1)OCCO3. The molecule has 2 aromatic rings. The summed E-state index contributed by atoms with van der Waals surface area (Å²) < 4.78 is 11.2. The molecule has 1 aromatic heterocycles. The molecule has 2 aliphatic rings. The molecule has 0 radical (unpaired) electrons. The fourth-order valence-corrected chi connectivity index (χ4v) is 2.85. The number of ether oxygens (including phenoxy) is 2. The molecule has 1 aliphatic heterocycles. The molecule has 126 valence electrons. The van der Waals surface area contributed by atoms with Crippen LogP contribution in [0.5, 0.6) is 11.5 Å². The van der Waals surface area contributed by atoms with Gasteiger partial charge in [0.05, 0.1) is 5.52 Å². The Balaban J connectivity index is 1.46. The van der Waals surface area contributed by atoms with Crippen molar-refractivity contribution >= 4 is 22.6 Å². The van der Waals surface area contributed by atoms with E-state index < -0.39 is 0 Å². The van der Waals surface area contributed by atoms with Gasteiger partial charge >= 0.3 is 0 Å². The molecule has 0 unspecified atom stereocenters. The van der Waals surface area contributed by atoms with Crippen LogP contribution in [0.3, 0.4) is 0 Å². The van der Waals surface area contributed by atoms with Gasteiger partial charge in [-0.2, -0.15) is 0 Å². The van der Waals surface area contributed by atoms with Gasteiger partial charge in [0, 0.05) is 30.5 Å². The van der Waals surface area contributed by atoms with Crippen molar-refractivity contribution in [1.29, 1.82) is 0 Å². The molecule has 0 spiro atoms. The largest absolute Gasteiger partial charge is 0.486 e. The summed E-state index contributed by atoms with van der Waals surface area (Å²) in [5.74, 6) is 2.77. The second-order valence-electron chi connectivity index (χ2n) is 6.33. The van der Waals surface area contributed by atoms with Gasteiger partial charge in [0.1, 0.15) is 19.0 Å². The molecule has 0 bridgehead atoms. The van der Waals surface area contributed by atoms with Crippen LogP contribution >= 0.6 is 0 Å². The number of pyridine rings is 1. The third kappa shape index (κ3) is 3.09. The minimum atomic E-state index is 0.170. The highest BCUT2D eigenvalue weighted by Crippen LogP contribution is 2.35. The van der Waals surface area contributed by atoms with Gasteiger partial charge in [-0.25, -0.2) is 4.98 Å². The minimum Gasteiger partial charge on any atom is -0.486 e. The smallest absolute Gasteiger partial charge is 0.223 e. The van der Waals surface area contributed by atoms with Crippen LogP contribution in [0.4, 0.5) is 5.82 Å². The Bertz CT molecular complexity index is 787. The van der Waals surface area contributed by atoms with Crippen LogP contribution < -0.4 is 20.1 Å². The number of benzene rings is 1. The van der Waals surface area contributed by atoms with Crippen LogP contribution in [-0.4, -0.2) is 37.2 Å². The van der Waals surface area contributed by atoms with E-state index in [4.69, 9.17) is 9.47 Å². The molecule has 6 nitrogen and oxygen atoms in total. The molecule has 6 heteroatoms. The lowest BCUT2D eigenvalue weighted by Gasteiger charge is -2.19. The fourth-order valence-electron chi connectivity index (χ4n) is 2.85. The maximum atomic E-state index is 11.6. The van der Waals surface area contributed by atoms with Crippen LogP contribution in [0.1, 0.15) is 18.4 Å². The van der Waals surface area contributed by atoms with Crippen LogP contribution in [0.2, 0.25) is 0 Å². The number of aryl methyl sites for hydroxylation is 1. The Kier molecular flexibility index (Phi) is 3.88. The average molecular weight is 327 g/mol. The molecule has 2 N–H and O–H groups in total. The van der Waals surface area contributed by atoms with Gasteiger partial charge in [-0.1, -0.05) is 0 Å². The Morgan fingerprint density at radius 1 is 1.17 bits per heavy atom. The Labute approximate surface area is 140 Å². The normalized spacial score (nSPS) is 16.0. The zero-order valence-electron chi connectivity index (χ0n) is 13.7. The third-order valence-corrected chi connectivity index (χ3v) is 4.33. The molecule has 1 saturated carbocycles. The minimum absolute atomic E-state index is 0.170. The van der Waals surface area contributed by atoms with Crippen molar-refractivity contribution in [2.24, 2.45) is 5.92 Å². The van der Waals surface area contributed by atoms with E-state index in [1.54, 1.807) is 0 Å². The highest BCUT2D eigenvalue weighted by atomic mass is 16.6. The second kappa shape index (κ2) is 6.19. The first-order chi connectivity index (χ1) is 11.7. The fraction of sp³-hybridized carbons (Fsp3) is 0.444. The van der Waals surface area contributed by atoms with E-state index in [-0.39, 0.29) is 11.8 Å². The molecule has 24 heavy (non-hydrogen) atoms. The average Bonchev–Trinajstić information content (AvgIpc) is 3.42. The summed E-state index contributed by atoms with van der Waals surface area (Å²) in [5, 5.41) is 7.28. The Morgan fingerprint density at radius 2 is 1.92 bits per heavy atom. The van der Waals surface area contributed by atoms with Gasteiger partial charge in [-0.05, 0) is 37.5 Å². The van der Waals surface area contributed by atoms with Crippen molar-refractivity contribution in [2.45, 2.75) is 19.8 Å². The number of hydrogen-bond donors (Lipinski definition) is 2. The summed E-state index contributed by atoms with van der Waals surface area (Å²) in [5.41, 5.74) is 1.93. The van der Waals surface area contributed by atoms with Crippen molar-refractivity contribution in [3.8, 4) is 11.5 Å². The molecular formula is C18H21N3O3. The summed E-state index contributed by atoms with van der Waals surface area (Å²) in [7, 11) is 0. The van der Waals surface area contributed by atoms with Gasteiger partial charge < -0.3 is 20.1 Å². The van der Waals surface area contributed by atoms with Gasteiger partial charge in [0.2, 0.25) is 5.91 Å². The molecule has 0 atom stereocenters. The van der Waals surface area contributed by atoms with Crippen molar-refractivity contribution in [2.75, 3.05) is 31.6 Å². The predicted octanol–water partition coefficient (Wildman–Crippen LogP) is 2.25. The molecule has 1 amide bonds. The standard InChI is InChI=1S/C18H21N3O3/c1-11-8-13-9-15-16(24-7-6-23-15)10-14(13)21-17(11)19-4-5-20-18(22)12-2-3-12/h8-10,12H,2-7H2,1H3,(H,19,21)(H,20,22). The molecule has 0 saturated heterocycles. The second-order valence-corrected chi connectivity index (χ2v) is 6.33. The summed E-state index contributed by atoms with van der Waals surface area (Å²) >= 11 is 0. The summed E-state index contributed by atoms with van der Waals surface area (Å²) in [6.45, 7) is 4.43. The van der Waals surface area contributed by atoms with Crippen molar-refractivity contribution in [3.63, 3.8) is 0 Å². The highest BCUT2D eigenvalue weighted by molar-refractivity contribution is 5.85. The van der Waals surface area contributed by atoms with E-state index in [1.807, 2.05) is 19.1 Å². The van der Waals surface area contributed by atoms with Crippen LogP contribution in [0, 0.1) is 12.8 Å². The summed E-state index contributed by atoms with van der Waals surface area (Å²) in [6.07, 6.45) is 2.06. The van der Waals surface area contributed by atoms with Crippen molar-refractivity contribution in [3.05, 3.63) is 23.8 Å². The van der Waals surface area contributed by atoms with Crippen LogP contribution in [0.25, 0.3) is 10.9 Å². The topological polar surface area (TPSA) is 72.5 Å². The predicted molar refractivity (Wildman–Crippen MR) is 91.7 cm³/mol. The summed E-state index contributed by atoms with van der Waals surface area (Å²) in [6, 6.07) is 5.98. The molecule has 1 aliphatic carbocycles. The Morgan fingerprint density at radius 3 is 2.67 bits per heavy atom. The van der Waals surface area contributed by atoms with Gasteiger partial charge in [-0.3, -0.25) is 4.79 Å². The van der Waals surface area contributed by atoms with E-state index in [9.17, 15) is 4.79 Å². The quantitative estimate of drug-likeness (QED) is 0.824. The van der Waals surface area contributed by atoms with Crippen molar-refractivity contribution < 1.29 is 14.3 Å². The number of carbonyl (C=O) groups is 1. The molecule has 2 heterocycles. The summed E-state index contributed by atoms with van der Waals surface area (Å²) in [4.78, 5) is 16.3. The number of amides is 1. The van der Waals surface area contributed by atoms with Crippen LogP contribution in [0.15, 0.2) is 18.2 Å². The monoisotopic (exact) mass is 327 g/mol. The lowest BCUT2D eigenvalue weighted by atomic mass is 10.1. The number of rotatable bonds is 5. The highest BCUT2D eigenvalue weighted by Gasteiger charge is 2.28. The molecule has 4 rings (SSSR count). The first-order valence-electron chi connectivity index (χ1n) is 8.43. The number of nitrogens with one attached hydrogen (secondary N) is 2. The number of carbonyl (C=O) groups excluding carboxylic acids is 1. The maximum Gasteiger partial charge on any atom is 0.223 e. The van der Waals surface area contributed by atoms with Gasteiger partial charge in [0.15, 0.2) is 11.5 Å². The number of anilines is 1. The van der Waals surface area contributed by atoms with Gasteiger partial charge in [0.25, 0.3) is 0 Å². The third-order valence-electron chi connectivity index (χ3n) is 4.33. The first-order valence-corrected chi connectivity index (χ1v) is 8.43. The zero-order chi connectivity index (χ0) is 16.5. The molecular weight excluding hydrogens is 306 g/mol. The number of hydrogen-bond acceptors (Lipinski definition) is 5. The lowest BCUT2D eigenvalue weighted by Crippen LogP contribution is -2.30. The van der Waals surface area contributed by atoms with Gasteiger partial charge in [-0.15, -0.1) is 0 Å².